The first-order chi connectivity index (χ1) is 11.9. The van der Waals surface area contributed by atoms with E-state index in [1.54, 1.807) is 12.1 Å². The van der Waals surface area contributed by atoms with Crippen LogP contribution in [0.4, 0.5) is 0 Å². The van der Waals surface area contributed by atoms with E-state index in [0.717, 1.165) is 18.4 Å². The molecule has 0 saturated heterocycles. The average Bonchev–Trinajstić information content (AvgIpc) is 2.54. The van der Waals surface area contributed by atoms with Crippen molar-refractivity contribution in [3.8, 4) is 5.75 Å². The van der Waals surface area contributed by atoms with Crippen LogP contribution in [0.15, 0.2) is 18.2 Å². The lowest BCUT2D eigenvalue weighted by molar-refractivity contribution is -0.119. The maximum Gasteiger partial charge on any atom is 0.526 e. The second-order valence-electron chi connectivity index (χ2n) is 7.08. The summed E-state index contributed by atoms with van der Waals surface area (Å²) in [5.74, 6) is 0.243. The van der Waals surface area contributed by atoms with Crippen LogP contribution < -0.4 is 4.65 Å². The molecule has 5 nitrogen and oxygen atoms in total. The molecule has 0 amide bonds. The number of ether oxygens (including phenoxy) is 1. The number of Topliss-reactive ketones (excluding diaryl/α,β-unsaturated/α-hetero) is 1. The Labute approximate surface area is 149 Å². The fourth-order valence-corrected chi connectivity index (χ4v) is 2.96. The fourth-order valence-electron chi connectivity index (χ4n) is 2.96. The molecule has 1 aliphatic heterocycles. The normalized spacial score (nSPS) is 16.4. The number of hydrogen-bond donors (Lipinski definition) is 1. The first-order valence-corrected chi connectivity index (χ1v) is 9.07. The third-order valence-electron chi connectivity index (χ3n) is 4.39. The molecule has 0 radical (unpaired) electrons. The van der Waals surface area contributed by atoms with Gasteiger partial charge in [-0.25, -0.2) is 4.79 Å². The van der Waals surface area contributed by atoms with Crippen molar-refractivity contribution in [3.63, 3.8) is 0 Å². The highest BCUT2D eigenvalue weighted by Gasteiger charge is 2.37. The van der Waals surface area contributed by atoms with Crippen LogP contribution in [0.5, 0.6) is 5.75 Å². The quantitative estimate of drug-likeness (QED) is 0.577. The maximum absolute atomic E-state index is 12.3. The largest absolute Gasteiger partial charge is 0.535 e. The van der Waals surface area contributed by atoms with Gasteiger partial charge in [-0.2, -0.15) is 0 Å². The van der Waals surface area contributed by atoms with Crippen LogP contribution in [0.1, 0.15) is 62.4 Å². The van der Waals surface area contributed by atoms with Gasteiger partial charge in [-0.05, 0) is 36.8 Å². The van der Waals surface area contributed by atoms with E-state index in [4.69, 9.17) is 9.39 Å². The standard InChI is InChI=1S/C19H27BO5/c1-4-6-16(21)12-15-11-14-7-5-8-17(18(14)25-20(15)23)19(22)24-10-9-13(2)3/h5,7-8,13,15,23H,4,6,9-12H2,1-3H3/t15-/m1/s1. The molecular weight excluding hydrogens is 319 g/mol. The number of esters is 1. The van der Waals surface area contributed by atoms with Crippen molar-refractivity contribution in [3.05, 3.63) is 29.3 Å². The zero-order chi connectivity index (χ0) is 18.4. The number of fused-ring (bicyclic) bond motifs is 1. The Bertz CT molecular complexity index is 614. The molecule has 2 rings (SSSR count). The summed E-state index contributed by atoms with van der Waals surface area (Å²) in [5, 5.41) is 10.3. The van der Waals surface area contributed by atoms with Gasteiger partial charge in [0.1, 0.15) is 17.1 Å². The van der Waals surface area contributed by atoms with E-state index in [9.17, 15) is 14.6 Å². The van der Waals surface area contributed by atoms with Crippen molar-refractivity contribution in [1.29, 1.82) is 0 Å². The van der Waals surface area contributed by atoms with Crippen LogP contribution >= 0.6 is 0 Å². The molecule has 1 aliphatic rings. The Hall–Kier alpha value is -1.82. The van der Waals surface area contributed by atoms with Crippen molar-refractivity contribution in [2.45, 2.75) is 58.7 Å². The van der Waals surface area contributed by atoms with Gasteiger partial charge in [0.25, 0.3) is 0 Å². The zero-order valence-corrected chi connectivity index (χ0v) is 15.3. The van der Waals surface area contributed by atoms with E-state index in [1.165, 1.54) is 0 Å². The number of ketones is 1. The summed E-state index contributed by atoms with van der Waals surface area (Å²) in [7, 11) is -1.09. The number of carbonyl (C=O) groups excluding carboxylic acids is 2. The number of carbonyl (C=O) groups is 2. The minimum absolute atomic E-state index is 0.128. The highest BCUT2D eigenvalue weighted by Crippen LogP contribution is 2.36. The highest BCUT2D eigenvalue weighted by molar-refractivity contribution is 6.47. The van der Waals surface area contributed by atoms with Crippen molar-refractivity contribution >= 4 is 18.9 Å². The molecule has 0 fully saturated rings. The van der Waals surface area contributed by atoms with E-state index in [2.05, 4.69) is 13.8 Å². The molecule has 6 heteroatoms. The van der Waals surface area contributed by atoms with Crippen molar-refractivity contribution in [2.24, 2.45) is 5.92 Å². The van der Waals surface area contributed by atoms with Gasteiger partial charge in [-0.1, -0.05) is 32.9 Å². The fraction of sp³-hybridized carbons (Fsp3) is 0.579. The SMILES string of the molecule is CCCC(=O)C[C@H]1Cc2cccc(C(=O)OCCC(C)C)c2OB1O. The van der Waals surface area contributed by atoms with Gasteiger partial charge in [0, 0.05) is 18.7 Å². The van der Waals surface area contributed by atoms with Gasteiger partial charge in [0.05, 0.1) is 6.61 Å². The molecule has 1 aromatic carbocycles. The molecule has 0 aromatic heterocycles. The van der Waals surface area contributed by atoms with E-state index < -0.39 is 13.1 Å². The summed E-state index contributed by atoms with van der Waals surface area (Å²) < 4.78 is 10.9. The third-order valence-corrected chi connectivity index (χ3v) is 4.39. The van der Waals surface area contributed by atoms with Crippen molar-refractivity contribution < 1.29 is 24.0 Å². The van der Waals surface area contributed by atoms with E-state index in [0.29, 0.717) is 36.7 Å². The van der Waals surface area contributed by atoms with Crippen LogP contribution in [-0.4, -0.2) is 30.5 Å². The molecule has 0 saturated carbocycles. The summed E-state index contributed by atoms with van der Waals surface area (Å²) in [5.41, 5.74) is 1.16. The Morgan fingerprint density at radius 1 is 1.40 bits per heavy atom. The first kappa shape index (κ1) is 19.5. The second-order valence-corrected chi connectivity index (χ2v) is 7.08. The predicted octanol–water partition coefficient (Wildman–Crippen LogP) is 3.43. The van der Waals surface area contributed by atoms with Gasteiger partial charge >= 0.3 is 13.1 Å². The van der Waals surface area contributed by atoms with E-state index in [-0.39, 0.29) is 18.0 Å². The molecule has 1 atom stereocenters. The van der Waals surface area contributed by atoms with Gasteiger partial charge in [0.15, 0.2) is 0 Å². The van der Waals surface area contributed by atoms with Gasteiger partial charge in [-0.3, -0.25) is 4.79 Å². The smallest absolute Gasteiger partial charge is 0.526 e. The molecule has 0 aliphatic carbocycles. The Kier molecular flexibility index (Phi) is 7.06. The van der Waals surface area contributed by atoms with E-state index >= 15 is 0 Å². The highest BCUT2D eigenvalue weighted by atomic mass is 16.5. The first-order valence-electron chi connectivity index (χ1n) is 9.07. The van der Waals surface area contributed by atoms with Crippen molar-refractivity contribution in [2.75, 3.05) is 6.61 Å². The molecule has 0 spiro atoms. The van der Waals surface area contributed by atoms with Crippen LogP contribution in [0.2, 0.25) is 5.82 Å². The molecular formula is C19H27BO5. The number of rotatable bonds is 8. The van der Waals surface area contributed by atoms with E-state index in [1.807, 2.05) is 13.0 Å². The summed E-state index contributed by atoms with van der Waals surface area (Å²) in [6.07, 6.45) is 2.91. The molecule has 1 N–H and O–H groups in total. The Balaban J connectivity index is 2.09. The van der Waals surface area contributed by atoms with Gasteiger partial charge in [0.2, 0.25) is 0 Å². The molecule has 1 heterocycles. The molecule has 25 heavy (non-hydrogen) atoms. The lowest BCUT2D eigenvalue weighted by Gasteiger charge is -2.28. The zero-order valence-electron chi connectivity index (χ0n) is 15.3. The molecule has 136 valence electrons. The number of benzene rings is 1. The van der Waals surface area contributed by atoms with Crippen LogP contribution in [0.25, 0.3) is 0 Å². The Morgan fingerprint density at radius 3 is 2.84 bits per heavy atom. The van der Waals surface area contributed by atoms with Gasteiger partial charge < -0.3 is 14.4 Å². The summed E-state index contributed by atoms with van der Waals surface area (Å²) in [6, 6.07) is 5.29. The topological polar surface area (TPSA) is 72.8 Å². The summed E-state index contributed by atoms with van der Waals surface area (Å²) >= 11 is 0. The minimum atomic E-state index is -1.09. The predicted molar refractivity (Wildman–Crippen MR) is 96.8 cm³/mol. The molecule has 0 unspecified atom stereocenters. The average molecular weight is 346 g/mol. The lowest BCUT2D eigenvalue weighted by atomic mass is 9.64. The summed E-state index contributed by atoms with van der Waals surface area (Å²) in [4.78, 5) is 24.2. The lowest BCUT2D eigenvalue weighted by Crippen LogP contribution is -2.35. The van der Waals surface area contributed by atoms with Crippen LogP contribution in [0, 0.1) is 5.92 Å². The number of para-hydroxylation sites is 1. The summed E-state index contributed by atoms with van der Waals surface area (Å²) in [6.45, 7) is 6.45. The monoisotopic (exact) mass is 346 g/mol. The van der Waals surface area contributed by atoms with Crippen LogP contribution in [0.3, 0.4) is 0 Å². The molecule has 1 aromatic rings. The maximum atomic E-state index is 12.3. The third kappa shape index (κ3) is 5.33. The minimum Gasteiger partial charge on any atom is -0.535 e. The Morgan fingerprint density at radius 2 is 2.16 bits per heavy atom. The van der Waals surface area contributed by atoms with Crippen LogP contribution in [-0.2, 0) is 16.0 Å². The number of hydrogen-bond acceptors (Lipinski definition) is 5. The van der Waals surface area contributed by atoms with Gasteiger partial charge in [-0.15, -0.1) is 0 Å². The molecule has 0 bridgehead atoms. The van der Waals surface area contributed by atoms with Crippen molar-refractivity contribution in [1.82, 2.24) is 0 Å². The second kappa shape index (κ2) is 9.04.